The van der Waals surface area contributed by atoms with E-state index >= 15 is 0 Å². The molecule has 0 saturated carbocycles. The van der Waals surface area contributed by atoms with Crippen molar-refractivity contribution in [2.75, 3.05) is 4.93 Å². The van der Waals surface area contributed by atoms with Crippen LogP contribution < -0.4 is 3.53 Å². The maximum atomic E-state index is 12.8. The first-order valence-corrected chi connectivity index (χ1v) is 11.5. The van der Waals surface area contributed by atoms with Crippen LogP contribution >= 0.6 is 42.7 Å². The van der Waals surface area contributed by atoms with E-state index in [1.54, 1.807) is 22.6 Å². The van der Waals surface area contributed by atoms with Crippen LogP contribution in [0.2, 0.25) is 0 Å². The van der Waals surface area contributed by atoms with Gasteiger partial charge in [-0.05, 0) is 0 Å². The molecule has 3 unspecified atom stereocenters. The number of halogens is 8. The van der Waals surface area contributed by atoms with E-state index in [9.17, 15) is 36.2 Å². The molecule has 1 saturated heterocycles. The fourth-order valence-electron chi connectivity index (χ4n) is 1.68. The second kappa shape index (κ2) is 6.74. The third-order valence-corrected chi connectivity index (χ3v) is 9.65. The summed E-state index contributed by atoms with van der Waals surface area (Å²) in [5, 5.41) is 9.25. The van der Waals surface area contributed by atoms with Gasteiger partial charge in [-0.1, -0.05) is 0 Å². The summed E-state index contributed by atoms with van der Waals surface area (Å²) in [6.07, 6.45) is -15.6. The first-order valence-electron chi connectivity index (χ1n) is 5.82. The molecule has 3 atom stereocenters. The quantitative estimate of drug-likeness (QED) is 0.103. The van der Waals surface area contributed by atoms with Crippen LogP contribution in [0.15, 0.2) is 0 Å². The van der Waals surface area contributed by atoms with Crippen LogP contribution in [0.25, 0.3) is 0 Å². The fourth-order valence-corrected chi connectivity index (χ4v) is 9.41. The van der Waals surface area contributed by atoms with Crippen LogP contribution in [-0.2, 0) is 9.53 Å². The molecule has 1 aliphatic rings. The molecule has 4 nitrogen and oxygen atoms in total. The number of carbonyl (C=O) groups excluding carboxylic acids is 1. The summed E-state index contributed by atoms with van der Waals surface area (Å²) in [4.78, 5) is 13.6. The van der Waals surface area contributed by atoms with Gasteiger partial charge in [0.25, 0.3) is 0 Å². The normalized spacial score (nSPS) is 23.9. The summed E-state index contributed by atoms with van der Waals surface area (Å²) in [6.45, 7) is 0.969. The van der Waals surface area contributed by atoms with E-state index < -0.39 is 60.5 Å². The van der Waals surface area contributed by atoms with Crippen LogP contribution in [0.1, 0.15) is 13.3 Å². The van der Waals surface area contributed by atoms with E-state index in [2.05, 4.69) is 8.27 Å². The maximum absolute atomic E-state index is 12.8. The van der Waals surface area contributed by atoms with E-state index in [4.69, 9.17) is 0 Å². The van der Waals surface area contributed by atoms with Crippen LogP contribution in [0.3, 0.4) is 0 Å². The van der Waals surface area contributed by atoms with Crippen molar-refractivity contribution in [3.05, 3.63) is 0 Å². The Morgan fingerprint density at radius 3 is 2.00 bits per heavy atom. The van der Waals surface area contributed by atoms with E-state index in [0.717, 1.165) is 6.92 Å². The minimum atomic E-state index is -6.02. The Morgan fingerprint density at radius 2 is 1.73 bits per heavy atom. The summed E-state index contributed by atoms with van der Waals surface area (Å²) < 4.78 is 82.7. The van der Waals surface area contributed by atoms with Gasteiger partial charge in [-0.25, -0.2) is 0 Å². The van der Waals surface area contributed by atoms with Crippen molar-refractivity contribution >= 4 is 48.7 Å². The van der Waals surface area contributed by atoms with Crippen molar-refractivity contribution in [2.45, 2.75) is 45.4 Å². The Kier molecular flexibility index (Phi) is 6.27. The Hall–Kier alpha value is 0.430. The molecule has 0 aliphatic carbocycles. The number of alkyl halides is 9. The summed E-state index contributed by atoms with van der Waals surface area (Å²) in [6, 6.07) is 0. The third kappa shape index (κ3) is 3.91. The van der Waals surface area contributed by atoms with E-state index in [1.807, 2.05) is 4.93 Å². The number of rotatable bonds is 5. The van der Waals surface area contributed by atoms with Gasteiger partial charge in [0.2, 0.25) is 0 Å². The van der Waals surface area contributed by atoms with Crippen LogP contribution in [-0.4, -0.2) is 48.0 Å². The molecule has 2 N–H and O–H groups in total. The van der Waals surface area contributed by atoms with E-state index in [0.29, 0.717) is 0 Å². The molecular weight excluding hydrogens is 550 g/mol. The number of hydrogen-bond acceptors (Lipinski definition) is 4. The third-order valence-electron chi connectivity index (χ3n) is 3.02. The van der Waals surface area contributed by atoms with Gasteiger partial charge in [0.1, 0.15) is 0 Å². The molecule has 1 fully saturated rings. The van der Waals surface area contributed by atoms with Gasteiger partial charge in [0, 0.05) is 0 Å². The molecule has 0 aromatic heterocycles. The van der Waals surface area contributed by atoms with Crippen molar-refractivity contribution in [1.82, 2.24) is 3.53 Å². The SMILES string of the molecule is CCC(OC(=O)C(I)C1NI1C)C(O)(C(F)(F)F)C(F)(F)F. The molecule has 0 aromatic carbocycles. The van der Waals surface area contributed by atoms with Crippen LogP contribution in [0.5, 0.6) is 0 Å². The monoisotopic (exact) mass is 563 g/mol. The number of nitrogens with one attached hydrogen (secondary N) is 1. The van der Waals surface area contributed by atoms with Crippen molar-refractivity contribution in [3.8, 4) is 0 Å². The molecule has 12 heteroatoms. The number of hydrogen-bond donors (Lipinski definition) is 2. The molecule has 22 heavy (non-hydrogen) atoms. The van der Waals surface area contributed by atoms with E-state index in [1.165, 1.54) is 0 Å². The zero-order valence-corrected chi connectivity index (χ0v) is 15.5. The van der Waals surface area contributed by atoms with Gasteiger partial charge in [0.15, 0.2) is 0 Å². The second-order valence-electron chi connectivity index (χ2n) is 4.52. The Balaban J connectivity index is 2.99. The van der Waals surface area contributed by atoms with Gasteiger partial charge < -0.3 is 0 Å². The summed E-state index contributed by atoms with van der Waals surface area (Å²) in [7, 11) is 0. The van der Waals surface area contributed by atoms with E-state index in [-0.39, 0.29) is 4.05 Å². The summed E-state index contributed by atoms with van der Waals surface area (Å²) >= 11 is 0.105. The average molecular weight is 563 g/mol. The van der Waals surface area contributed by atoms with Crippen LogP contribution in [0, 0.1) is 0 Å². The first-order chi connectivity index (χ1) is 9.77. The van der Waals surface area contributed by atoms with Gasteiger partial charge >= 0.3 is 143 Å². The fraction of sp³-hybridized carbons (Fsp3) is 0.900. The van der Waals surface area contributed by atoms with Crippen molar-refractivity contribution < 1.29 is 41.0 Å². The van der Waals surface area contributed by atoms with Gasteiger partial charge in [-0.3, -0.25) is 0 Å². The standard InChI is InChI=1S/C10H13F6I2NO3/c1-3-4(8(21,9(11,12)13)10(14,15)16)22-7(20)5(17)6-18(2)19-6/h4-6,19,21H,3H2,1-2H3. The van der Waals surface area contributed by atoms with Crippen molar-refractivity contribution in [1.29, 1.82) is 0 Å². The van der Waals surface area contributed by atoms with Crippen molar-refractivity contribution in [3.63, 3.8) is 0 Å². The number of aliphatic hydroxyl groups is 1. The predicted octanol–water partition coefficient (Wildman–Crippen LogP) is 2.95. The molecule has 1 aliphatic heterocycles. The predicted molar refractivity (Wildman–Crippen MR) is 81.9 cm³/mol. The molecule has 1 heterocycles. The number of esters is 1. The number of carbonyl (C=O) groups is 1. The average Bonchev–Trinajstić information content (AvgIpc) is 3.08. The molecule has 1 rings (SSSR count). The zero-order valence-electron chi connectivity index (χ0n) is 11.2. The zero-order chi connectivity index (χ0) is 17.5. The van der Waals surface area contributed by atoms with Gasteiger partial charge in [0.05, 0.1) is 0 Å². The molecule has 0 radical (unpaired) electrons. The molecule has 0 spiro atoms. The number of ether oxygens (including phenoxy) is 1. The second-order valence-corrected chi connectivity index (χ2v) is 10.8. The molecule has 132 valence electrons. The first kappa shape index (κ1) is 20.5. The van der Waals surface area contributed by atoms with Gasteiger partial charge in [-0.15, -0.1) is 0 Å². The Bertz CT molecular complexity index is 416. The van der Waals surface area contributed by atoms with Crippen molar-refractivity contribution in [2.24, 2.45) is 0 Å². The summed E-state index contributed by atoms with van der Waals surface area (Å²) in [5.41, 5.74) is -5.09. The topological polar surface area (TPSA) is 68.5 Å². The molecule has 0 aromatic rings. The summed E-state index contributed by atoms with van der Waals surface area (Å²) in [5.74, 6) is -1.20. The van der Waals surface area contributed by atoms with Crippen LogP contribution in [0.4, 0.5) is 26.3 Å². The van der Waals surface area contributed by atoms with Gasteiger partial charge in [-0.2, -0.15) is 0 Å². The molecule has 0 amide bonds. The molecular formula is C10H13F6I2NO3. The minimum absolute atomic E-state index is 0.223. The Morgan fingerprint density at radius 1 is 1.32 bits per heavy atom. The molecule has 0 bridgehead atoms. The Labute approximate surface area is 143 Å².